The maximum absolute atomic E-state index is 11.8. The van der Waals surface area contributed by atoms with Crippen molar-refractivity contribution in [2.75, 3.05) is 0 Å². The first-order valence-electron chi connectivity index (χ1n) is 4.20. The first-order valence-corrected chi connectivity index (χ1v) is 4.20. The second-order valence-electron chi connectivity index (χ2n) is 2.93. The molecule has 0 fully saturated rings. The molecular weight excluding hydrogens is 225 g/mol. The number of benzene rings is 1. The lowest BCUT2D eigenvalue weighted by atomic mass is 10.3. The predicted octanol–water partition coefficient (Wildman–Crippen LogP) is 2.54. The Labute approximate surface area is 87.2 Å². The van der Waals surface area contributed by atoms with Crippen LogP contribution in [-0.2, 0) is 4.74 Å². The Hall–Kier alpha value is -2.05. The topological polar surface area (TPSA) is 44.1 Å². The van der Waals surface area contributed by atoms with Gasteiger partial charge >= 0.3 is 12.5 Å². The van der Waals surface area contributed by atoms with Crippen LogP contribution in [0.2, 0.25) is 0 Å². The number of aromatic nitrogens is 2. The second-order valence-corrected chi connectivity index (χ2v) is 2.93. The van der Waals surface area contributed by atoms with Gasteiger partial charge in [-0.15, -0.1) is 13.2 Å². The van der Waals surface area contributed by atoms with Crippen molar-refractivity contribution >= 4 is 17.0 Å². The molecule has 4 nitrogen and oxygen atoms in total. The number of alkyl halides is 3. The SMILES string of the molecule is O=C(OC(F)(F)F)n1ncc2ccccc21. The third-order valence-corrected chi connectivity index (χ3v) is 1.85. The quantitative estimate of drug-likeness (QED) is 0.698. The molecule has 0 aliphatic carbocycles. The minimum atomic E-state index is -5.01. The van der Waals surface area contributed by atoms with Crippen LogP contribution in [0.1, 0.15) is 0 Å². The van der Waals surface area contributed by atoms with Crippen molar-refractivity contribution in [3.8, 4) is 0 Å². The third-order valence-electron chi connectivity index (χ3n) is 1.85. The Balaban J connectivity index is 2.37. The molecule has 0 unspecified atom stereocenters. The lowest BCUT2D eigenvalue weighted by molar-refractivity contribution is -0.291. The Bertz CT molecular complexity index is 533. The van der Waals surface area contributed by atoms with Crippen molar-refractivity contribution < 1.29 is 22.7 Å². The molecule has 0 N–H and O–H groups in total. The first-order chi connectivity index (χ1) is 7.47. The highest BCUT2D eigenvalue weighted by atomic mass is 19.4. The highest BCUT2D eigenvalue weighted by Gasteiger charge is 2.35. The summed E-state index contributed by atoms with van der Waals surface area (Å²) in [6.07, 6.45) is -5.30. The summed E-state index contributed by atoms with van der Waals surface area (Å²) in [7, 11) is 0. The average Bonchev–Trinajstić information content (AvgIpc) is 2.58. The molecule has 1 aromatic carbocycles. The maximum Gasteiger partial charge on any atom is 0.576 e. The number of hydrogen-bond acceptors (Lipinski definition) is 3. The van der Waals surface area contributed by atoms with Gasteiger partial charge in [-0.25, -0.2) is 4.79 Å². The molecule has 0 aliphatic heterocycles. The van der Waals surface area contributed by atoms with Gasteiger partial charge in [0.25, 0.3) is 0 Å². The predicted molar refractivity (Wildman–Crippen MR) is 47.7 cm³/mol. The van der Waals surface area contributed by atoms with Gasteiger partial charge in [0.15, 0.2) is 0 Å². The van der Waals surface area contributed by atoms with Crippen molar-refractivity contribution in [2.45, 2.75) is 6.36 Å². The van der Waals surface area contributed by atoms with E-state index in [1.807, 2.05) is 0 Å². The highest BCUT2D eigenvalue weighted by Crippen LogP contribution is 2.19. The van der Waals surface area contributed by atoms with Crippen LogP contribution in [0.15, 0.2) is 30.5 Å². The van der Waals surface area contributed by atoms with Crippen LogP contribution in [0, 0.1) is 0 Å². The highest BCUT2D eigenvalue weighted by molar-refractivity contribution is 5.87. The Morgan fingerprint density at radius 3 is 2.69 bits per heavy atom. The molecule has 0 saturated carbocycles. The van der Waals surface area contributed by atoms with Crippen molar-refractivity contribution in [2.24, 2.45) is 0 Å². The average molecular weight is 230 g/mol. The van der Waals surface area contributed by atoms with Crippen molar-refractivity contribution in [3.05, 3.63) is 30.5 Å². The molecule has 0 amide bonds. The van der Waals surface area contributed by atoms with E-state index in [2.05, 4.69) is 9.84 Å². The van der Waals surface area contributed by atoms with Gasteiger partial charge in [0, 0.05) is 5.39 Å². The summed E-state index contributed by atoms with van der Waals surface area (Å²) in [6, 6.07) is 6.37. The van der Waals surface area contributed by atoms with Crippen LogP contribution in [-0.4, -0.2) is 22.2 Å². The summed E-state index contributed by atoms with van der Waals surface area (Å²) >= 11 is 0. The van der Waals surface area contributed by atoms with Gasteiger partial charge in [-0.3, -0.25) is 0 Å². The van der Waals surface area contributed by atoms with E-state index in [4.69, 9.17) is 0 Å². The fourth-order valence-electron chi connectivity index (χ4n) is 1.26. The van der Waals surface area contributed by atoms with Gasteiger partial charge in [0.1, 0.15) is 0 Å². The number of hydrogen-bond donors (Lipinski definition) is 0. The van der Waals surface area contributed by atoms with E-state index in [0.717, 1.165) is 0 Å². The largest absolute Gasteiger partial charge is 0.576 e. The van der Waals surface area contributed by atoms with Gasteiger partial charge in [-0.05, 0) is 6.07 Å². The normalized spacial score (nSPS) is 11.7. The van der Waals surface area contributed by atoms with Crippen LogP contribution >= 0.6 is 0 Å². The lowest BCUT2D eigenvalue weighted by Gasteiger charge is -2.06. The fraction of sp³-hybridized carbons (Fsp3) is 0.111. The number of halogens is 3. The van der Waals surface area contributed by atoms with Gasteiger partial charge in [-0.2, -0.15) is 9.78 Å². The molecule has 0 aliphatic rings. The number of ether oxygens (including phenoxy) is 1. The molecule has 2 rings (SSSR count). The number of nitrogens with zero attached hydrogens (tertiary/aromatic N) is 2. The maximum atomic E-state index is 11.8. The number of rotatable bonds is 0. The minimum Gasteiger partial charge on any atom is -0.354 e. The van der Waals surface area contributed by atoms with Gasteiger partial charge in [0.2, 0.25) is 0 Å². The van der Waals surface area contributed by atoms with Crippen LogP contribution < -0.4 is 0 Å². The van der Waals surface area contributed by atoms with E-state index in [1.54, 1.807) is 18.2 Å². The molecule has 1 aromatic heterocycles. The zero-order valence-corrected chi connectivity index (χ0v) is 7.73. The molecule has 16 heavy (non-hydrogen) atoms. The molecule has 1 heterocycles. The van der Waals surface area contributed by atoms with E-state index in [0.29, 0.717) is 10.1 Å². The van der Waals surface area contributed by atoms with E-state index in [1.165, 1.54) is 12.3 Å². The second kappa shape index (κ2) is 3.51. The first kappa shape index (κ1) is 10.5. The molecule has 0 atom stereocenters. The third kappa shape index (κ3) is 1.97. The van der Waals surface area contributed by atoms with Crippen molar-refractivity contribution in [1.82, 2.24) is 9.78 Å². The number of fused-ring (bicyclic) bond motifs is 1. The summed E-state index contributed by atoms with van der Waals surface area (Å²) in [6.45, 7) is 0. The molecule has 0 bridgehead atoms. The molecule has 84 valence electrons. The zero-order chi connectivity index (χ0) is 11.8. The van der Waals surface area contributed by atoms with Gasteiger partial charge in [-0.1, -0.05) is 18.2 Å². The zero-order valence-electron chi connectivity index (χ0n) is 7.73. The smallest absolute Gasteiger partial charge is 0.354 e. The number of para-hydroxylation sites is 1. The van der Waals surface area contributed by atoms with Gasteiger partial charge < -0.3 is 4.74 Å². The van der Waals surface area contributed by atoms with Crippen LogP contribution in [0.25, 0.3) is 10.9 Å². The fourth-order valence-corrected chi connectivity index (χ4v) is 1.26. The molecule has 0 spiro atoms. The van der Waals surface area contributed by atoms with Crippen LogP contribution in [0.3, 0.4) is 0 Å². The molecule has 7 heteroatoms. The number of carbonyl (C=O) groups is 1. The molecular formula is C9H5F3N2O2. The lowest BCUT2D eigenvalue weighted by Crippen LogP contribution is -2.24. The summed E-state index contributed by atoms with van der Waals surface area (Å²) in [5.74, 6) is 0. The molecule has 2 aromatic rings. The molecule has 0 radical (unpaired) electrons. The number of carbonyl (C=O) groups excluding carboxylic acids is 1. The summed E-state index contributed by atoms with van der Waals surface area (Å²) in [4.78, 5) is 11.1. The van der Waals surface area contributed by atoms with Crippen LogP contribution in [0.4, 0.5) is 18.0 Å². The minimum absolute atomic E-state index is 0.261. The molecule has 0 saturated heterocycles. The van der Waals surface area contributed by atoms with Crippen LogP contribution in [0.5, 0.6) is 0 Å². The van der Waals surface area contributed by atoms with Crippen molar-refractivity contribution in [1.29, 1.82) is 0 Å². The van der Waals surface area contributed by atoms with E-state index in [-0.39, 0.29) is 5.52 Å². The van der Waals surface area contributed by atoms with E-state index < -0.39 is 12.5 Å². The van der Waals surface area contributed by atoms with Crippen molar-refractivity contribution in [3.63, 3.8) is 0 Å². The Kier molecular flexibility index (Phi) is 2.30. The Morgan fingerprint density at radius 1 is 1.31 bits per heavy atom. The summed E-state index contributed by atoms with van der Waals surface area (Å²) in [5.41, 5.74) is 0.261. The monoisotopic (exact) mass is 230 g/mol. The Morgan fingerprint density at radius 2 is 2.00 bits per heavy atom. The van der Waals surface area contributed by atoms with Gasteiger partial charge in [0.05, 0.1) is 11.7 Å². The standard InChI is InChI=1S/C9H5F3N2O2/c10-9(11,12)16-8(15)14-7-4-2-1-3-6(7)5-13-14/h1-5H. The summed E-state index contributed by atoms with van der Waals surface area (Å²) < 4.78 is 39.3. The van der Waals surface area contributed by atoms with E-state index >= 15 is 0 Å². The summed E-state index contributed by atoms with van der Waals surface area (Å²) in [5, 5.41) is 4.08. The van der Waals surface area contributed by atoms with E-state index in [9.17, 15) is 18.0 Å².